The Morgan fingerprint density at radius 2 is 2.00 bits per heavy atom. The first kappa shape index (κ1) is 15.6. The van der Waals surface area contributed by atoms with Crippen LogP contribution in [-0.2, 0) is 4.74 Å². The second-order valence-electron chi connectivity index (χ2n) is 5.84. The maximum Gasteiger partial charge on any atom is 0.296 e. The summed E-state index contributed by atoms with van der Waals surface area (Å²) in [6.45, 7) is 4.53. The average molecular weight is 294 g/mol. The molecule has 2 rings (SSSR count). The van der Waals surface area contributed by atoms with Crippen LogP contribution in [0.3, 0.4) is 0 Å². The third-order valence-corrected chi connectivity index (χ3v) is 4.18. The fourth-order valence-electron chi connectivity index (χ4n) is 2.82. The molecule has 0 aliphatic carbocycles. The number of benzene rings is 1. The zero-order chi connectivity index (χ0) is 15.5. The van der Waals surface area contributed by atoms with E-state index in [4.69, 9.17) is 9.47 Å². The van der Waals surface area contributed by atoms with Crippen LogP contribution in [-0.4, -0.2) is 38.8 Å². The Morgan fingerprint density at radius 3 is 2.52 bits per heavy atom. The lowest BCUT2D eigenvalue weighted by atomic mass is 9.81. The molecule has 0 aromatic heterocycles. The number of hydrogen-bond acceptors (Lipinski definition) is 5. The van der Waals surface area contributed by atoms with Crippen molar-refractivity contribution in [2.75, 3.05) is 38.8 Å². The number of hydrogen-bond donors (Lipinski definition) is 0. The highest BCUT2D eigenvalue weighted by Gasteiger charge is 2.32. The molecule has 6 nitrogen and oxygen atoms in total. The first-order valence-electron chi connectivity index (χ1n) is 7.05. The van der Waals surface area contributed by atoms with Crippen molar-refractivity contribution in [2.45, 2.75) is 19.8 Å². The molecule has 21 heavy (non-hydrogen) atoms. The number of nitrogens with zero attached hydrogens (tertiary/aromatic N) is 2. The van der Waals surface area contributed by atoms with E-state index in [0.717, 1.165) is 32.5 Å². The van der Waals surface area contributed by atoms with Crippen molar-refractivity contribution in [2.24, 2.45) is 5.41 Å². The van der Waals surface area contributed by atoms with Gasteiger partial charge in [0.05, 0.1) is 24.7 Å². The lowest BCUT2D eigenvalue weighted by Gasteiger charge is -2.39. The summed E-state index contributed by atoms with van der Waals surface area (Å²) in [5.74, 6) is 0.506. The molecule has 6 heteroatoms. The summed E-state index contributed by atoms with van der Waals surface area (Å²) in [6, 6.07) is 5.03. The molecule has 0 bridgehead atoms. The van der Waals surface area contributed by atoms with Crippen molar-refractivity contribution in [3.63, 3.8) is 0 Å². The van der Waals surface area contributed by atoms with Gasteiger partial charge in [-0.05, 0) is 30.4 Å². The zero-order valence-corrected chi connectivity index (χ0v) is 12.8. The molecule has 1 heterocycles. The van der Waals surface area contributed by atoms with Gasteiger partial charge in [-0.2, -0.15) is 0 Å². The Kier molecular flexibility index (Phi) is 4.67. The maximum absolute atomic E-state index is 11.3. The molecule has 116 valence electrons. The predicted molar refractivity (Wildman–Crippen MR) is 81.1 cm³/mol. The SMILES string of the molecule is COCC1(C)CCN(c2ccc(OC)cc2[N+](=O)[O-])CC1. The van der Waals surface area contributed by atoms with Gasteiger partial charge in [-0.25, -0.2) is 0 Å². The summed E-state index contributed by atoms with van der Waals surface area (Å²) in [7, 11) is 3.22. The maximum atomic E-state index is 11.3. The second kappa shape index (κ2) is 6.30. The second-order valence-corrected chi connectivity index (χ2v) is 5.84. The van der Waals surface area contributed by atoms with E-state index in [1.165, 1.54) is 13.2 Å². The molecule has 1 aromatic carbocycles. The molecule has 0 unspecified atom stereocenters. The van der Waals surface area contributed by atoms with E-state index in [-0.39, 0.29) is 16.0 Å². The number of rotatable bonds is 5. The van der Waals surface area contributed by atoms with Crippen LogP contribution in [0.25, 0.3) is 0 Å². The molecule has 0 N–H and O–H groups in total. The van der Waals surface area contributed by atoms with E-state index in [2.05, 4.69) is 11.8 Å². The first-order chi connectivity index (χ1) is 9.99. The Balaban J connectivity index is 2.18. The summed E-state index contributed by atoms with van der Waals surface area (Å²) in [5, 5.41) is 11.3. The molecule has 1 aromatic rings. The summed E-state index contributed by atoms with van der Waals surface area (Å²) in [6.07, 6.45) is 1.92. The van der Waals surface area contributed by atoms with Gasteiger partial charge in [-0.15, -0.1) is 0 Å². The summed E-state index contributed by atoms with van der Waals surface area (Å²) in [5.41, 5.74) is 0.928. The van der Waals surface area contributed by atoms with E-state index in [1.807, 2.05) is 0 Å². The van der Waals surface area contributed by atoms with Gasteiger partial charge in [-0.3, -0.25) is 10.1 Å². The quantitative estimate of drug-likeness (QED) is 0.617. The highest BCUT2D eigenvalue weighted by Crippen LogP contribution is 2.37. The highest BCUT2D eigenvalue weighted by atomic mass is 16.6. The fraction of sp³-hybridized carbons (Fsp3) is 0.600. The van der Waals surface area contributed by atoms with E-state index < -0.39 is 0 Å². The molecule has 0 spiro atoms. The minimum atomic E-state index is -0.346. The summed E-state index contributed by atoms with van der Waals surface area (Å²) >= 11 is 0. The molecule has 1 aliphatic heterocycles. The average Bonchev–Trinajstić information content (AvgIpc) is 2.47. The molecule has 0 radical (unpaired) electrons. The van der Waals surface area contributed by atoms with Gasteiger partial charge in [0.15, 0.2) is 0 Å². The van der Waals surface area contributed by atoms with Crippen LogP contribution < -0.4 is 9.64 Å². The van der Waals surface area contributed by atoms with Gasteiger partial charge < -0.3 is 14.4 Å². The Morgan fingerprint density at radius 1 is 1.33 bits per heavy atom. The third-order valence-electron chi connectivity index (χ3n) is 4.18. The van der Waals surface area contributed by atoms with Gasteiger partial charge in [0.25, 0.3) is 5.69 Å². The van der Waals surface area contributed by atoms with Crippen molar-refractivity contribution in [3.8, 4) is 5.75 Å². The van der Waals surface area contributed by atoms with Crippen molar-refractivity contribution in [1.29, 1.82) is 0 Å². The van der Waals surface area contributed by atoms with Crippen LogP contribution in [0.2, 0.25) is 0 Å². The minimum absolute atomic E-state index is 0.102. The molecule has 1 saturated heterocycles. The monoisotopic (exact) mass is 294 g/mol. The lowest BCUT2D eigenvalue weighted by molar-refractivity contribution is -0.384. The molecule has 1 aliphatic rings. The van der Waals surface area contributed by atoms with Crippen LogP contribution in [0.4, 0.5) is 11.4 Å². The minimum Gasteiger partial charge on any atom is -0.496 e. The summed E-state index contributed by atoms with van der Waals surface area (Å²) in [4.78, 5) is 13.0. The number of nitro benzene ring substituents is 1. The fourth-order valence-corrected chi connectivity index (χ4v) is 2.82. The van der Waals surface area contributed by atoms with Crippen LogP contribution in [0.15, 0.2) is 18.2 Å². The van der Waals surface area contributed by atoms with Crippen molar-refractivity contribution < 1.29 is 14.4 Å². The van der Waals surface area contributed by atoms with E-state index in [1.54, 1.807) is 19.2 Å². The van der Waals surface area contributed by atoms with Gasteiger partial charge in [0.1, 0.15) is 11.4 Å². The van der Waals surface area contributed by atoms with Crippen LogP contribution >= 0.6 is 0 Å². The normalized spacial score (nSPS) is 17.6. The van der Waals surface area contributed by atoms with Gasteiger partial charge in [0, 0.05) is 20.2 Å². The number of nitro groups is 1. The van der Waals surface area contributed by atoms with Gasteiger partial charge in [-0.1, -0.05) is 6.92 Å². The lowest BCUT2D eigenvalue weighted by Crippen LogP contribution is -2.41. The van der Waals surface area contributed by atoms with Crippen LogP contribution in [0.1, 0.15) is 19.8 Å². The molecular weight excluding hydrogens is 272 g/mol. The Labute approximate surface area is 124 Å². The van der Waals surface area contributed by atoms with Crippen molar-refractivity contribution >= 4 is 11.4 Å². The molecule has 0 amide bonds. The molecule has 0 atom stereocenters. The van der Waals surface area contributed by atoms with E-state index >= 15 is 0 Å². The molecule has 1 fully saturated rings. The highest BCUT2D eigenvalue weighted by molar-refractivity contribution is 5.65. The third kappa shape index (κ3) is 3.44. The summed E-state index contributed by atoms with van der Waals surface area (Å²) < 4.78 is 10.3. The number of anilines is 1. The topological polar surface area (TPSA) is 64.8 Å². The predicted octanol–water partition coefficient (Wildman–Crippen LogP) is 2.86. The number of piperidine rings is 1. The van der Waals surface area contributed by atoms with E-state index in [0.29, 0.717) is 11.4 Å². The van der Waals surface area contributed by atoms with Gasteiger partial charge in [0.2, 0.25) is 0 Å². The number of ether oxygens (including phenoxy) is 2. The van der Waals surface area contributed by atoms with Crippen LogP contribution in [0.5, 0.6) is 5.75 Å². The van der Waals surface area contributed by atoms with E-state index in [9.17, 15) is 10.1 Å². The standard InChI is InChI=1S/C15H22N2O4/c1-15(11-20-2)6-8-16(9-7-15)13-5-4-12(21-3)10-14(13)17(18)19/h4-5,10H,6-9,11H2,1-3H3. The zero-order valence-electron chi connectivity index (χ0n) is 12.8. The largest absolute Gasteiger partial charge is 0.496 e. The van der Waals surface area contributed by atoms with Crippen LogP contribution in [0, 0.1) is 15.5 Å². The van der Waals surface area contributed by atoms with Gasteiger partial charge >= 0.3 is 0 Å². The first-order valence-corrected chi connectivity index (χ1v) is 7.05. The van der Waals surface area contributed by atoms with Crippen molar-refractivity contribution in [1.82, 2.24) is 0 Å². The Hall–Kier alpha value is -1.82. The van der Waals surface area contributed by atoms with Crippen molar-refractivity contribution in [3.05, 3.63) is 28.3 Å². The molecule has 0 saturated carbocycles. The Bertz CT molecular complexity index is 510. The number of methoxy groups -OCH3 is 2. The molecular formula is C15H22N2O4. The smallest absolute Gasteiger partial charge is 0.296 e.